The highest BCUT2D eigenvalue weighted by atomic mass is 32.1. The van der Waals surface area contributed by atoms with Gasteiger partial charge in [0.1, 0.15) is 18.3 Å². The molecule has 0 saturated heterocycles. The van der Waals surface area contributed by atoms with Gasteiger partial charge in [-0.05, 0) is 41.8 Å². The van der Waals surface area contributed by atoms with Crippen LogP contribution < -0.4 is 21.1 Å². The van der Waals surface area contributed by atoms with E-state index in [1.807, 2.05) is 18.2 Å². The number of fused-ring (bicyclic) bond motifs is 1. The highest BCUT2D eigenvalue weighted by Gasteiger charge is 2.33. The number of thiazole rings is 1. The third kappa shape index (κ3) is 5.29. The zero-order chi connectivity index (χ0) is 22.7. The number of ether oxygens (including phenoxy) is 2. The molecule has 1 aliphatic rings. The third-order valence-electron chi connectivity index (χ3n) is 4.79. The van der Waals surface area contributed by atoms with Crippen LogP contribution >= 0.6 is 11.3 Å². The van der Waals surface area contributed by atoms with Crippen molar-refractivity contribution in [2.75, 3.05) is 30.7 Å². The van der Waals surface area contributed by atoms with Crippen LogP contribution in [-0.2, 0) is 17.3 Å². The zero-order valence-electron chi connectivity index (χ0n) is 16.7. The highest BCUT2D eigenvalue weighted by molar-refractivity contribution is 7.18. The Morgan fingerprint density at radius 2 is 2.06 bits per heavy atom. The third-order valence-corrected chi connectivity index (χ3v) is 5.79. The van der Waals surface area contributed by atoms with Gasteiger partial charge in [-0.1, -0.05) is 23.5 Å². The van der Waals surface area contributed by atoms with Crippen LogP contribution in [-0.4, -0.2) is 31.1 Å². The maximum Gasteiger partial charge on any atom is 0.419 e. The van der Waals surface area contributed by atoms with Crippen LogP contribution in [0.2, 0.25) is 0 Å². The molecule has 170 valence electrons. The molecule has 1 unspecified atom stereocenters. The number of halogens is 4. The lowest BCUT2D eigenvalue weighted by Gasteiger charge is -2.14. The van der Waals surface area contributed by atoms with E-state index in [0.29, 0.717) is 29.7 Å². The molecule has 0 amide bonds. The first-order valence-electron chi connectivity index (χ1n) is 9.69. The minimum absolute atomic E-state index is 0.166. The summed E-state index contributed by atoms with van der Waals surface area (Å²) in [6, 6.07) is 8.18. The Balaban J connectivity index is 1.35. The molecule has 0 fully saturated rings. The Morgan fingerprint density at radius 3 is 2.84 bits per heavy atom. The number of hydrogen-bond acceptors (Lipinski definition) is 7. The Hall–Kier alpha value is -2.89. The van der Waals surface area contributed by atoms with Gasteiger partial charge in [0.15, 0.2) is 11.9 Å². The van der Waals surface area contributed by atoms with E-state index in [1.54, 1.807) is 6.20 Å². The summed E-state index contributed by atoms with van der Waals surface area (Å²) in [7, 11) is 0. The topological polar surface area (TPSA) is 81.4 Å². The van der Waals surface area contributed by atoms with Crippen molar-refractivity contribution in [3.8, 4) is 16.2 Å². The minimum Gasteiger partial charge on any atom is -0.465 e. The van der Waals surface area contributed by atoms with E-state index in [4.69, 9.17) is 15.2 Å². The van der Waals surface area contributed by atoms with Crippen LogP contribution in [0.1, 0.15) is 11.1 Å². The molecule has 1 aromatic heterocycles. The van der Waals surface area contributed by atoms with Gasteiger partial charge in [-0.3, -0.25) is 0 Å². The van der Waals surface area contributed by atoms with Crippen LogP contribution in [0.15, 0.2) is 42.6 Å². The largest absolute Gasteiger partial charge is 0.465 e. The van der Waals surface area contributed by atoms with Crippen molar-refractivity contribution >= 4 is 22.2 Å². The summed E-state index contributed by atoms with van der Waals surface area (Å²) in [4.78, 5) is 5.26. The molecule has 1 aliphatic heterocycles. The van der Waals surface area contributed by atoms with Gasteiger partial charge in [0.2, 0.25) is 0 Å². The number of benzene rings is 2. The van der Waals surface area contributed by atoms with Crippen LogP contribution in [0.3, 0.4) is 0 Å². The molecule has 2 heterocycles. The van der Waals surface area contributed by atoms with Crippen molar-refractivity contribution in [1.82, 2.24) is 4.98 Å². The summed E-state index contributed by atoms with van der Waals surface area (Å²) in [5.41, 5.74) is 6.96. The molecule has 0 aliphatic carbocycles. The molecule has 4 N–H and O–H groups in total. The zero-order valence-corrected chi connectivity index (χ0v) is 17.5. The average molecular weight is 468 g/mol. The van der Waals surface area contributed by atoms with Gasteiger partial charge < -0.3 is 25.8 Å². The number of alkyl halides is 3. The summed E-state index contributed by atoms with van der Waals surface area (Å²) >= 11 is 1.43. The second-order valence-corrected chi connectivity index (χ2v) is 8.22. The normalized spacial score (nSPS) is 14.7. The minimum atomic E-state index is -4.72. The number of aromatic nitrogens is 1. The SMILES string of the molecule is NC(CNc1ncc(-c2ccc3c(c2)OCOCN3)s1)Cc1ccc(C(F)(F)F)c(F)c1. The monoisotopic (exact) mass is 468 g/mol. The highest BCUT2D eigenvalue weighted by Crippen LogP contribution is 2.35. The number of nitrogens with one attached hydrogen (secondary N) is 2. The summed E-state index contributed by atoms with van der Waals surface area (Å²) in [5.74, 6) is -0.611. The Kier molecular flexibility index (Phi) is 6.49. The molecular formula is C21H20F4N4O2S. The molecule has 0 saturated carbocycles. The van der Waals surface area contributed by atoms with Gasteiger partial charge in [0.25, 0.3) is 0 Å². The molecule has 0 radical (unpaired) electrons. The molecule has 11 heteroatoms. The smallest absolute Gasteiger partial charge is 0.419 e. The maximum atomic E-state index is 13.7. The molecule has 4 rings (SSSR count). The van der Waals surface area contributed by atoms with Gasteiger partial charge in [-0.25, -0.2) is 9.37 Å². The quantitative estimate of drug-likeness (QED) is 0.456. The van der Waals surface area contributed by atoms with Gasteiger partial charge in [0.05, 0.1) is 16.1 Å². The van der Waals surface area contributed by atoms with Crippen molar-refractivity contribution < 1.29 is 27.0 Å². The molecular weight excluding hydrogens is 448 g/mol. The van der Waals surface area contributed by atoms with Crippen LogP contribution in [0.4, 0.5) is 28.4 Å². The van der Waals surface area contributed by atoms with E-state index in [0.717, 1.165) is 28.3 Å². The molecule has 2 aromatic carbocycles. The average Bonchev–Trinajstić information content (AvgIpc) is 3.08. The molecule has 3 aromatic rings. The number of nitrogens with two attached hydrogens (primary N) is 1. The Bertz CT molecular complexity index is 1090. The van der Waals surface area contributed by atoms with Crippen molar-refractivity contribution in [3.63, 3.8) is 0 Å². The Labute approximate surface area is 185 Å². The van der Waals surface area contributed by atoms with Crippen LogP contribution in [0, 0.1) is 5.82 Å². The van der Waals surface area contributed by atoms with Crippen molar-refractivity contribution in [2.24, 2.45) is 5.73 Å². The fraction of sp³-hybridized carbons (Fsp3) is 0.286. The lowest BCUT2D eigenvalue weighted by atomic mass is 10.0. The summed E-state index contributed by atoms with van der Waals surface area (Å²) in [6.07, 6.45) is -2.77. The first-order chi connectivity index (χ1) is 15.3. The molecule has 0 bridgehead atoms. The second-order valence-electron chi connectivity index (χ2n) is 7.19. The lowest BCUT2D eigenvalue weighted by molar-refractivity contribution is -0.140. The van der Waals surface area contributed by atoms with E-state index in [1.165, 1.54) is 17.4 Å². The number of nitrogens with zero attached hydrogens (tertiary/aromatic N) is 1. The predicted molar refractivity (Wildman–Crippen MR) is 114 cm³/mol. The predicted octanol–water partition coefficient (Wildman–Crippen LogP) is 4.69. The van der Waals surface area contributed by atoms with E-state index in [2.05, 4.69) is 15.6 Å². The number of rotatable bonds is 6. The first-order valence-corrected chi connectivity index (χ1v) is 10.5. The van der Waals surface area contributed by atoms with Crippen LogP contribution in [0.25, 0.3) is 10.4 Å². The fourth-order valence-corrected chi connectivity index (χ4v) is 4.03. The standard InChI is InChI=1S/C21H20F4N4O2S/c22-16-6-12(1-3-15(16)21(23,24)25)5-14(26)8-27-20-28-9-19(32-20)13-2-4-17-18(7-13)31-11-30-10-29-17/h1-4,6-7,9,14,29H,5,8,10-11,26H2,(H,27,28). The number of hydrogen-bond donors (Lipinski definition) is 3. The molecule has 0 spiro atoms. The van der Waals surface area contributed by atoms with Gasteiger partial charge in [0, 0.05) is 18.8 Å². The first kappa shape index (κ1) is 22.3. The van der Waals surface area contributed by atoms with E-state index < -0.39 is 23.6 Å². The van der Waals surface area contributed by atoms with E-state index in [-0.39, 0.29) is 13.2 Å². The molecule has 32 heavy (non-hydrogen) atoms. The second kappa shape index (κ2) is 9.31. The van der Waals surface area contributed by atoms with E-state index in [9.17, 15) is 17.6 Å². The van der Waals surface area contributed by atoms with Crippen LogP contribution in [0.5, 0.6) is 5.75 Å². The number of anilines is 2. The van der Waals surface area contributed by atoms with Gasteiger partial charge >= 0.3 is 6.18 Å². The summed E-state index contributed by atoms with van der Waals surface area (Å²) in [5, 5.41) is 6.88. The summed E-state index contributed by atoms with van der Waals surface area (Å²) < 4.78 is 62.6. The van der Waals surface area contributed by atoms with E-state index >= 15 is 0 Å². The van der Waals surface area contributed by atoms with Crippen molar-refractivity contribution in [2.45, 2.75) is 18.6 Å². The van der Waals surface area contributed by atoms with Crippen molar-refractivity contribution in [1.29, 1.82) is 0 Å². The molecule has 6 nitrogen and oxygen atoms in total. The fourth-order valence-electron chi connectivity index (χ4n) is 3.21. The summed E-state index contributed by atoms with van der Waals surface area (Å²) in [6.45, 7) is 0.865. The molecule has 1 atom stereocenters. The maximum absolute atomic E-state index is 13.7. The van der Waals surface area contributed by atoms with Gasteiger partial charge in [-0.2, -0.15) is 13.2 Å². The lowest BCUT2D eigenvalue weighted by Crippen LogP contribution is -2.31. The Morgan fingerprint density at radius 1 is 1.22 bits per heavy atom. The van der Waals surface area contributed by atoms with Gasteiger partial charge in [-0.15, -0.1) is 0 Å². The van der Waals surface area contributed by atoms with Crippen molar-refractivity contribution in [3.05, 3.63) is 59.5 Å².